The summed E-state index contributed by atoms with van der Waals surface area (Å²) in [6.07, 6.45) is 3.83. The van der Waals surface area contributed by atoms with E-state index in [2.05, 4.69) is 9.97 Å². The van der Waals surface area contributed by atoms with Gasteiger partial charge in [0.05, 0.1) is 25.0 Å². The summed E-state index contributed by atoms with van der Waals surface area (Å²) in [6.45, 7) is 6.62. The molecule has 0 aliphatic carbocycles. The van der Waals surface area contributed by atoms with Gasteiger partial charge >= 0.3 is 0 Å². The molecule has 0 saturated carbocycles. The van der Waals surface area contributed by atoms with E-state index >= 15 is 0 Å². The van der Waals surface area contributed by atoms with Crippen LogP contribution in [0.2, 0.25) is 0 Å². The van der Waals surface area contributed by atoms with Crippen molar-refractivity contribution in [2.45, 2.75) is 27.2 Å². The first-order valence-corrected chi connectivity index (χ1v) is 10.9. The highest BCUT2D eigenvalue weighted by Crippen LogP contribution is 2.35. The molecule has 0 radical (unpaired) electrons. The van der Waals surface area contributed by atoms with Crippen LogP contribution in [0.15, 0.2) is 54.6 Å². The number of anilines is 3. The number of hydrogen-bond acceptors (Lipinski definition) is 8. The van der Waals surface area contributed by atoms with Crippen LogP contribution in [0.3, 0.4) is 0 Å². The summed E-state index contributed by atoms with van der Waals surface area (Å²) in [5.41, 5.74) is 21.3. The second-order valence-electron chi connectivity index (χ2n) is 8.66. The zero-order valence-electron chi connectivity index (χ0n) is 19.7. The number of nitriles is 1. The summed E-state index contributed by atoms with van der Waals surface area (Å²) >= 11 is 0. The second kappa shape index (κ2) is 10.6. The SMILES string of the molecule is Cc1c(N)nc(N)nc1CCOc1ccc(-c2cccc(N)c2)c(OCC(C)(C)/C=C/C#N)c1. The fourth-order valence-electron chi connectivity index (χ4n) is 3.34. The van der Waals surface area contributed by atoms with E-state index in [9.17, 15) is 0 Å². The molecular weight excluding hydrogens is 428 g/mol. The molecule has 0 fully saturated rings. The molecule has 8 heteroatoms. The van der Waals surface area contributed by atoms with Crippen LogP contribution < -0.4 is 26.7 Å². The minimum atomic E-state index is -0.329. The molecule has 3 rings (SSSR count). The fraction of sp³-hybridized carbons (Fsp3) is 0.269. The fourth-order valence-corrected chi connectivity index (χ4v) is 3.34. The Morgan fingerprint density at radius 3 is 2.59 bits per heavy atom. The predicted molar refractivity (Wildman–Crippen MR) is 135 cm³/mol. The third kappa shape index (κ3) is 6.39. The summed E-state index contributed by atoms with van der Waals surface area (Å²) in [5.74, 6) is 1.83. The summed E-state index contributed by atoms with van der Waals surface area (Å²) in [6, 6.07) is 15.3. The first-order chi connectivity index (χ1) is 16.2. The summed E-state index contributed by atoms with van der Waals surface area (Å²) in [7, 11) is 0. The zero-order valence-corrected chi connectivity index (χ0v) is 19.7. The van der Waals surface area contributed by atoms with Gasteiger partial charge < -0.3 is 26.7 Å². The van der Waals surface area contributed by atoms with E-state index in [1.807, 2.05) is 75.4 Å². The Bertz CT molecular complexity index is 1230. The van der Waals surface area contributed by atoms with Gasteiger partial charge in [-0.1, -0.05) is 32.1 Å². The molecule has 3 aromatic rings. The number of allylic oxidation sites excluding steroid dienone is 1. The van der Waals surface area contributed by atoms with Crippen molar-refractivity contribution in [3.63, 3.8) is 0 Å². The number of nitrogens with two attached hydrogens (primary N) is 3. The molecule has 0 bridgehead atoms. The van der Waals surface area contributed by atoms with Crippen LogP contribution in [0.4, 0.5) is 17.5 Å². The number of rotatable bonds is 9. The average molecular weight is 459 g/mol. The summed E-state index contributed by atoms with van der Waals surface area (Å²) in [5, 5.41) is 8.85. The molecule has 2 aromatic carbocycles. The molecule has 8 nitrogen and oxygen atoms in total. The zero-order chi connectivity index (χ0) is 24.7. The van der Waals surface area contributed by atoms with E-state index < -0.39 is 0 Å². The molecule has 0 spiro atoms. The van der Waals surface area contributed by atoms with E-state index in [1.54, 1.807) is 0 Å². The number of hydrogen-bond donors (Lipinski definition) is 3. The first-order valence-electron chi connectivity index (χ1n) is 10.9. The largest absolute Gasteiger partial charge is 0.493 e. The molecule has 34 heavy (non-hydrogen) atoms. The molecule has 0 aliphatic heterocycles. The molecule has 0 amide bonds. The Morgan fingerprint density at radius 1 is 1.06 bits per heavy atom. The van der Waals surface area contributed by atoms with Crippen LogP contribution in [0.1, 0.15) is 25.1 Å². The van der Waals surface area contributed by atoms with Crippen LogP contribution in [0, 0.1) is 23.7 Å². The van der Waals surface area contributed by atoms with Gasteiger partial charge in [0.15, 0.2) is 0 Å². The molecule has 0 saturated heterocycles. The lowest BCUT2D eigenvalue weighted by atomic mass is 9.94. The van der Waals surface area contributed by atoms with Gasteiger partial charge in [0.2, 0.25) is 5.95 Å². The Kier molecular flexibility index (Phi) is 7.59. The number of aromatic nitrogens is 2. The van der Waals surface area contributed by atoms with Gasteiger partial charge in [0, 0.05) is 40.8 Å². The topological polar surface area (TPSA) is 146 Å². The number of nitrogens with zero attached hydrogens (tertiary/aromatic N) is 3. The van der Waals surface area contributed by atoms with E-state index in [1.165, 1.54) is 6.08 Å². The highest BCUT2D eigenvalue weighted by molar-refractivity contribution is 5.74. The highest BCUT2D eigenvalue weighted by atomic mass is 16.5. The monoisotopic (exact) mass is 458 g/mol. The number of nitrogen functional groups attached to an aromatic ring is 3. The third-order valence-corrected chi connectivity index (χ3v) is 5.27. The standard InChI is InChI=1S/C26H30N6O2/c1-17-22(31-25(30)32-24(17)29)10-13-33-20-8-9-21(18-6-4-7-19(28)14-18)23(15-20)34-16-26(2,3)11-5-12-27/h4-9,11,14-15H,10,13,16,28H2,1-3H3,(H4,29,30,31,32)/b11-5+. The maximum absolute atomic E-state index is 8.85. The summed E-state index contributed by atoms with van der Waals surface area (Å²) in [4.78, 5) is 8.24. The van der Waals surface area contributed by atoms with Crippen LogP contribution in [-0.2, 0) is 6.42 Å². The number of ether oxygens (including phenoxy) is 2. The first kappa shape index (κ1) is 24.4. The lowest BCUT2D eigenvalue weighted by molar-refractivity contribution is 0.221. The smallest absolute Gasteiger partial charge is 0.222 e. The van der Waals surface area contributed by atoms with Crippen LogP contribution in [0.5, 0.6) is 11.5 Å². The number of benzene rings is 2. The Hall–Kier alpha value is -4.25. The van der Waals surface area contributed by atoms with Gasteiger partial charge in [0.25, 0.3) is 0 Å². The molecule has 6 N–H and O–H groups in total. The molecule has 0 unspecified atom stereocenters. The summed E-state index contributed by atoms with van der Waals surface area (Å²) < 4.78 is 12.2. The van der Waals surface area contributed by atoms with Crippen molar-refractivity contribution >= 4 is 17.5 Å². The van der Waals surface area contributed by atoms with Crippen molar-refractivity contribution in [1.29, 1.82) is 5.26 Å². The van der Waals surface area contributed by atoms with Crippen molar-refractivity contribution in [1.82, 2.24) is 9.97 Å². The normalized spacial score (nSPS) is 11.4. The van der Waals surface area contributed by atoms with Crippen molar-refractivity contribution in [3.05, 3.63) is 65.9 Å². The second-order valence-corrected chi connectivity index (χ2v) is 8.66. The van der Waals surface area contributed by atoms with Crippen molar-refractivity contribution in [3.8, 4) is 28.7 Å². The molecule has 0 aliphatic rings. The molecule has 1 aromatic heterocycles. The van der Waals surface area contributed by atoms with E-state index in [0.717, 1.165) is 22.4 Å². The van der Waals surface area contributed by atoms with Gasteiger partial charge in [-0.2, -0.15) is 10.2 Å². The lowest BCUT2D eigenvalue weighted by Gasteiger charge is -2.22. The van der Waals surface area contributed by atoms with E-state index in [4.69, 9.17) is 31.9 Å². The maximum Gasteiger partial charge on any atom is 0.222 e. The predicted octanol–water partition coefficient (Wildman–Crippen LogP) is 4.30. The van der Waals surface area contributed by atoms with Crippen LogP contribution in [0.25, 0.3) is 11.1 Å². The van der Waals surface area contributed by atoms with Gasteiger partial charge in [0.1, 0.15) is 17.3 Å². The molecule has 176 valence electrons. The Labute approximate surface area is 200 Å². The van der Waals surface area contributed by atoms with Crippen LogP contribution in [-0.4, -0.2) is 23.2 Å². The quantitative estimate of drug-likeness (QED) is 0.318. The van der Waals surface area contributed by atoms with Crippen molar-refractivity contribution in [2.75, 3.05) is 30.4 Å². The van der Waals surface area contributed by atoms with Crippen molar-refractivity contribution in [2.24, 2.45) is 5.41 Å². The van der Waals surface area contributed by atoms with Gasteiger partial charge in [-0.05, 0) is 36.8 Å². The minimum absolute atomic E-state index is 0.147. The van der Waals surface area contributed by atoms with E-state index in [0.29, 0.717) is 42.6 Å². The molecule has 0 atom stereocenters. The maximum atomic E-state index is 8.85. The van der Waals surface area contributed by atoms with Gasteiger partial charge in [-0.25, -0.2) is 4.98 Å². The van der Waals surface area contributed by atoms with Gasteiger partial charge in [-0.15, -0.1) is 0 Å². The lowest BCUT2D eigenvalue weighted by Crippen LogP contribution is -2.19. The van der Waals surface area contributed by atoms with E-state index in [-0.39, 0.29) is 11.4 Å². The van der Waals surface area contributed by atoms with Crippen molar-refractivity contribution < 1.29 is 9.47 Å². The highest BCUT2D eigenvalue weighted by Gasteiger charge is 2.17. The molecular formula is C26H30N6O2. The van der Waals surface area contributed by atoms with Gasteiger partial charge in [-0.3, -0.25) is 0 Å². The Morgan fingerprint density at radius 2 is 1.85 bits per heavy atom. The third-order valence-electron chi connectivity index (χ3n) is 5.27. The van der Waals surface area contributed by atoms with Crippen LogP contribution >= 0.6 is 0 Å². The molecule has 1 heterocycles. The Balaban J connectivity index is 1.82. The minimum Gasteiger partial charge on any atom is -0.493 e. The average Bonchev–Trinajstić information content (AvgIpc) is 2.79.